The van der Waals surface area contributed by atoms with E-state index in [0.717, 1.165) is 0 Å². The van der Waals surface area contributed by atoms with Crippen LogP contribution in [-0.4, -0.2) is 24.2 Å². The third-order valence-corrected chi connectivity index (χ3v) is 0.726. The fourth-order valence-corrected chi connectivity index (χ4v) is 0.277. The Morgan fingerprint density at radius 3 is 2.09 bits per heavy atom. The molecule has 0 aliphatic rings. The first-order chi connectivity index (χ1) is 4.54. The number of nitrogens with one attached hydrogen (secondary N) is 1. The van der Waals surface area contributed by atoms with E-state index in [1.54, 1.807) is 0 Å². The van der Waals surface area contributed by atoms with Crippen molar-refractivity contribution in [3.05, 3.63) is 0 Å². The van der Waals surface area contributed by atoms with Crippen LogP contribution in [-0.2, 0) is 14.4 Å². The fraction of sp³-hybridized carbons (Fsp3) is 0.400. The number of ketones is 1. The Morgan fingerprint density at radius 2 is 1.82 bits per heavy atom. The summed E-state index contributed by atoms with van der Waals surface area (Å²) in [5.41, 5.74) is 0. The monoisotopic (exact) mass is 151 g/mol. The molecule has 0 unspecified atom stereocenters. The van der Waals surface area contributed by atoms with Gasteiger partial charge >= 0.3 is 18.9 Å². The van der Waals surface area contributed by atoms with Crippen molar-refractivity contribution in [1.82, 2.24) is 5.32 Å². The standard InChI is InChI=1S/C5H7NO4.Li/c1-3(7)6-2-4(8)5(9)10;/h2H2,1H3,(H,6,7)(H,9,10);/q;+1/p-1. The number of carbonyl (C=O) groups is 3. The molecule has 6 heteroatoms. The van der Waals surface area contributed by atoms with E-state index >= 15 is 0 Å². The summed E-state index contributed by atoms with van der Waals surface area (Å²) in [5.74, 6) is -3.36. The van der Waals surface area contributed by atoms with Gasteiger partial charge in [0, 0.05) is 6.92 Å². The molecule has 0 atom stereocenters. The fourth-order valence-electron chi connectivity index (χ4n) is 0.277. The summed E-state index contributed by atoms with van der Waals surface area (Å²) in [7, 11) is 0. The van der Waals surface area contributed by atoms with Crippen LogP contribution in [0.2, 0.25) is 0 Å². The van der Waals surface area contributed by atoms with Crippen molar-refractivity contribution in [3.8, 4) is 0 Å². The van der Waals surface area contributed by atoms with Crippen molar-refractivity contribution in [2.24, 2.45) is 0 Å². The zero-order valence-electron chi connectivity index (χ0n) is 6.34. The van der Waals surface area contributed by atoms with Crippen LogP contribution < -0.4 is 29.3 Å². The van der Waals surface area contributed by atoms with Crippen LogP contribution >= 0.6 is 0 Å². The van der Waals surface area contributed by atoms with E-state index in [1.807, 2.05) is 5.32 Å². The first kappa shape index (κ1) is 12.8. The third-order valence-electron chi connectivity index (χ3n) is 0.726. The molecule has 0 aliphatic carbocycles. The topological polar surface area (TPSA) is 86.3 Å². The zero-order valence-corrected chi connectivity index (χ0v) is 6.34. The Labute approximate surface area is 75.3 Å². The van der Waals surface area contributed by atoms with Crippen molar-refractivity contribution in [3.63, 3.8) is 0 Å². The molecule has 0 aromatic heterocycles. The summed E-state index contributed by atoms with van der Waals surface area (Å²) in [5, 5.41) is 11.7. The second-order valence-corrected chi connectivity index (χ2v) is 1.62. The van der Waals surface area contributed by atoms with Gasteiger partial charge in [0.2, 0.25) is 5.91 Å². The molecule has 0 spiro atoms. The number of Topliss-reactive ketones (excluding diaryl/α,β-unsaturated/α-hetero) is 1. The molecule has 0 saturated heterocycles. The largest absolute Gasteiger partial charge is 1.00 e. The predicted octanol–water partition coefficient (Wildman–Crippen LogP) is -5.55. The Hall–Kier alpha value is -0.793. The number of hydrogen-bond donors (Lipinski definition) is 1. The second-order valence-electron chi connectivity index (χ2n) is 1.62. The van der Waals surface area contributed by atoms with Crippen molar-refractivity contribution < 1.29 is 38.4 Å². The summed E-state index contributed by atoms with van der Waals surface area (Å²) < 4.78 is 0. The Morgan fingerprint density at radius 1 is 1.36 bits per heavy atom. The van der Waals surface area contributed by atoms with Crippen LogP contribution in [0.5, 0.6) is 0 Å². The van der Waals surface area contributed by atoms with E-state index in [9.17, 15) is 19.5 Å². The van der Waals surface area contributed by atoms with E-state index in [4.69, 9.17) is 0 Å². The number of carboxylic acids is 1. The van der Waals surface area contributed by atoms with E-state index in [0.29, 0.717) is 0 Å². The summed E-state index contributed by atoms with van der Waals surface area (Å²) in [4.78, 5) is 30.0. The van der Waals surface area contributed by atoms with Crippen molar-refractivity contribution >= 4 is 17.7 Å². The Kier molecular flexibility index (Phi) is 6.95. The van der Waals surface area contributed by atoms with E-state index in [1.165, 1.54) is 6.92 Å². The zero-order chi connectivity index (χ0) is 8.15. The van der Waals surface area contributed by atoms with Crippen molar-refractivity contribution in [2.75, 3.05) is 6.54 Å². The van der Waals surface area contributed by atoms with Gasteiger partial charge in [-0.25, -0.2) is 0 Å². The smallest absolute Gasteiger partial charge is 0.542 e. The molecular formula is C5H6LiNO4. The van der Waals surface area contributed by atoms with E-state index in [2.05, 4.69) is 0 Å². The van der Waals surface area contributed by atoms with Gasteiger partial charge < -0.3 is 15.2 Å². The second kappa shape index (κ2) is 5.95. The molecule has 0 fully saturated rings. The summed E-state index contributed by atoms with van der Waals surface area (Å²) in [6, 6.07) is 0. The number of rotatable bonds is 3. The van der Waals surface area contributed by atoms with Crippen LogP contribution in [0.4, 0.5) is 0 Å². The molecule has 0 bridgehead atoms. The maximum atomic E-state index is 10.2. The average Bonchev–Trinajstić information content (AvgIpc) is 1.82. The van der Waals surface area contributed by atoms with Crippen LogP contribution in [0.1, 0.15) is 6.92 Å². The number of amides is 1. The molecule has 0 heterocycles. The number of hydrogen-bond acceptors (Lipinski definition) is 4. The van der Waals surface area contributed by atoms with Gasteiger partial charge in [-0.3, -0.25) is 9.59 Å². The maximum Gasteiger partial charge on any atom is 1.00 e. The number of carboxylic acid groups (broad SMARTS) is 1. The van der Waals surface area contributed by atoms with Gasteiger partial charge in [-0.05, 0) is 0 Å². The van der Waals surface area contributed by atoms with Gasteiger partial charge in [0.15, 0.2) is 5.78 Å². The van der Waals surface area contributed by atoms with Gasteiger partial charge in [-0.2, -0.15) is 0 Å². The first-order valence-corrected chi connectivity index (χ1v) is 2.52. The number of aliphatic carboxylic acids is 1. The minimum Gasteiger partial charge on any atom is -0.542 e. The average molecular weight is 151 g/mol. The SMILES string of the molecule is CC(=O)NCC(=O)C(=O)[O-].[Li+]. The minimum absolute atomic E-state index is 0. The minimum atomic E-state index is -1.78. The Balaban J connectivity index is 0. The molecule has 11 heavy (non-hydrogen) atoms. The summed E-state index contributed by atoms with van der Waals surface area (Å²) in [6.45, 7) is 0.681. The molecule has 0 rings (SSSR count). The molecular weight excluding hydrogens is 145 g/mol. The van der Waals surface area contributed by atoms with Crippen LogP contribution in [0, 0.1) is 0 Å². The third kappa shape index (κ3) is 7.10. The van der Waals surface area contributed by atoms with Crippen molar-refractivity contribution in [2.45, 2.75) is 6.92 Å². The van der Waals surface area contributed by atoms with E-state index < -0.39 is 24.2 Å². The van der Waals surface area contributed by atoms with Gasteiger partial charge in [-0.1, -0.05) is 0 Å². The van der Waals surface area contributed by atoms with Gasteiger partial charge in [0.25, 0.3) is 0 Å². The first-order valence-electron chi connectivity index (χ1n) is 2.52. The van der Waals surface area contributed by atoms with Crippen LogP contribution in [0.15, 0.2) is 0 Å². The van der Waals surface area contributed by atoms with Gasteiger partial charge in [0.1, 0.15) is 5.97 Å². The molecule has 0 saturated carbocycles. The molecule has 0 aliphatic heterocycles. The number of carbonyl (C=O) groups excluding carboxylic acids is 3. The Bertz CT molecular complexity index is 179. The molecule has 0 aromatic rings. The van der Waals surface area contributed by atoms with Gasteiger partial charge in [-0.15, -0.1) is 0 Å². The normalized spacial score (nSPS) is 7.73. The molecule has 0 radical (unpaired) electrons. The van der Waals surface area contributed by atoms with E-state index in [-0.39, 0.29) is 18.9 Å². The maximum absolute atomic E-state index is 10.2. The summed E-state index contributed by atoms with van der Waals surface area (Å²) >= 11 is 0. The van der Waals surface area contributed by atoms with Gasteiger partial charge in [0.05, 0.1) is 6.54 Å². The van der Waals surface area contributed by atoms with Crippen molar-refractivity contribution in [1.29, 1.82) is 0 Å². The molecule has 1 amide bonds. The molecule has 0 aromatic carbocycles. The van der Waals surface area contributed by atoms with Crippen LogP contribution in [0.3, 0.4) is 0 Å². The van der Waals surface area contributed by atoms with Crippen LogP contribution in [0.25, 0.3) is 0 Å². The molecule has 5 nitrogen and oxygen atoms in total. The summed E-state index contributed by atoms with van der Waals surface area (Å²) in [6.07, 6.45) is 0. The predicted molar refractivity (Wildman–Crippen MR) is 28.7 cm³/mol. The quantitative estimate of drug-likeness (QED) is 0.322. The molecule has 56 valence electrons. The molecule has 1 N–H and O–H groups in total.